The van der Waals surface area contributed by atoms with Crippen LogP contribution in [0.25, 0.3) is 0 Å². The van der Waals surface area contributed by atoms with Crippen molar-refractivity contribution in [3.8, 4) is 0 Å². The zero-order chi connectivity index (χ0) is 11.4. The third-order valence-corrected chi connectivity index (χ3v) is 2.82. The number of hydrogen-bond acceptors (Lipinski definition) is 3. The van der Waals surface area contributed by atoms with Crippen LogP contribution in [0.4, 0.5) is 0 Å². The molecule has 1 heterocycles. The summed E-state index contributed by atoms with van der Waals surface area (Å²) in [5, 5.41) is 3.19. The van der Waals surface area contributed by atoms with Crippen LogP contribution < -0.4 is 11.1 Å². The van der Waals surface area contributed by atoms with Crippen molar-refractivity contribution in [3.63, 3.8) is 0 Å². The monoisotopic (exact) mass is 213 g/mol. The van der Waals surface area contributed by atoms with Gasteiger partial charge in [-0.3, -0.25) is 9.59 Å². The summed E-state index contributed by atoms with van der Waals surface area (Å²) in [5.41, 5.74) is 5.24. The van der Waals surface area contributed by atoms with E-state index in [0.29, 0.717) is 19.4 Å². The highest BCUT2D eigenvalue weighted by Gasteiger charge is 2.25. The van der Waals surface area contributed by atoms with Gasteiger partial charge in [-0.15, -0.1) is 0 Å². The molecule has 0 bridgehead atoms. The van der Waals surface area contributed by atoms with Crippen molar-refractivity contribution < 1.29 is 9.59 Å². The van der Waals surface area contributed by atoms with Crippen LogP contribution in [-0.4, -0.2) is 42.4 Å². The number of rotatable bonds is 4. The number of amides is 2. The van der Waals surface area contributed by atoms with Crippen LogP contribution >= 0.6 is 0 Å². The van der Waals surface area contributed by atoms with Crippen LogP contribution in [0.15, 0.2) is 0 Å². The largest absolute Gasteiger partial charge is 0.368 e. The Morgan fingerprint density at radius 2 is 2.40 bits per heavy atom. The first kappa shape index (κ1) is 12.0. The van der Waals surface area contributed by atoms with Crippen LogP contribution in [-0.2, 0) is 9.59 Å². The van der Waals surface area contributed by atoms with Crippen LogP contribution in [0.2, 0.25) is 0 Å². The van der Waals surface area contributed by atoms with Crippen LogP contribution in [0.3, 0.4) is 0 Å². The van der Waals surface area contributed by atoms with E-state index in [2.05, 4.69) is 5.32 Å². The lowest BCUT2D eigenvalue weighted by Crippen LogP contribution is -2.53. The van der Waals surface area contributed by atoms with Crippen molar-refractivity contribution in [3.05, 3.63) is 0 Å². The summed E-state index contributed by atoms with van der Waals surface area (Å²) in [5.74, 6) is -0.155. The summed E-state index contributed by atoms with van der Waals surface area (Å²) in [4.78, 5) is 24.0. The Bertz CT molecular complexity index is 255. The minimum Gasteiger partial charge on any atom is -0.368 e. The Morgan fingerprint density at radius 1 is 1.73 bits per heavy atom. The lowest BCUT2D eigenvalue weighted by atomic mass is 10.0. The minimum absolute atomic E-state index is 0.167. The van der Waals surface area contributed by atoms with Gasteiger partial charge >= 0.3 is 0 Å². The maximum absolute atomic E-state index is 11.2. The van der Waals surface area contributed by atoms with E-state index >= 15 is 0 Å². The van der Waals surface area contributed by atoms with E-state index in [4.69, 9.17) is 5.73 Å². The molecule has 3 N–H and O–H groups in total. The number of hydrogen-bond donors (Lipinski definition) is 2. The molecule has 0 aromatic rings. The van der Waals surface area contributed by atoms with E-state index in [9.17, 15) is 9.59 Å². The second-order valence-electron chi connectivity index (χ2n) is 4.04. The van der Waals surface area contributed by atoms with Crippen molar-refractivity contribution in [2.45, 2.75) is 38.3 Å². The fraction of sp³-hybridized carbons (Fsp3) is 0.800. The van der Waals surface area contributed by atoms with E-state index in [0.717, 1.165) is 6.42 Å². The third kappa shape index (κ3) is 3.20. The minimum atomic E-state index is -0.322. The van der Waals surface area contributed by atoms with Gasteiger partial charge in [-0.05, 0) is 12.8 Å². The van der Waals surface area contributed by atoms with Gasteiger partial charge in [-0.2, -0.15) is 0 Å². The van der Waals surface area contributed by atoms with Crippen molar-refractivity contribution in [1.82, 2.24) is 10.2 Å². The van der Waals surface area contributed by atoms with Gasteiger partial charge in [0.1, 0.15) is 0 Å². The maximum Gasteiger partial charge on any atom is 0.234 e. The highest BCUT2D eigenvalue weighted by Crippen LogP contribution is 2.10. The molecular formula is C10H19N3O2. The van der Waals surface area contributed by atoms with Gasteiger partial charge in [0.15, 0.2) is 0 Å². The van der Waals surface area contributed by atoms with Crippen molar-refractivity contribution in [1.29, 1.82) is 0 Å². The summed E-state index contributed by atoms with van der Waals surface area (Å²) in [6, 6.07) is -0.0956. The summed E-state index contributed by atoms with van der Waals surface area (Å²) >= 11 is 0. The molecule has 0 saturated carbocycles. The number of primary amides is 1. The topological polar surface area (TPSA) is 75.4 Å². The average molecular weight is 213 g/mol. The van der Waals surface area contributed by atoms with Gasteiger partial charge in [0, 0.05) is 26.1 Å². The van der Waals surface area contributed by atoms with Crippen LogP contribution in [0.5, 0.6) is 0 Å². The molecule has 15 heavy (non-hydrogen) atoms. The number of carbonyl (C=O) groups excluding carboxylic acids is 2. The van der Waals surface area contributed by atoms with E-state index in [-0.39, 0.29) is 23.9 Å². The normalized spacial score (nSPS) is 24.0. The quantitative estimate of drug-likeness (QED) is 0.658. The molecule has 1 aliphatic rings. The summed E-state index contributed by atoms with van der Waals surface area (Å²) < 4.78 is 0. The Balaban J connectivity index is 2.45. The Morgan fingerprint density at radius 3 is 2.87 bits per heavy atom. The van der Waals surface area contributed by atoms with Gasteiger partial charge in [-0.1, -0.05) is 6.92 Å². The number of nitrogens with zero attached hydrogens (tertiary/aromatic N) is 1. The second-order valence-corrected chi connectivity index (χ2v) is 4.04. The standard InChI is InChI=1S/C10H19N3O2/c1-3-8(10(11)15)12-7-4-5-9(14)13(2)6-7/h7-8,12H,3-6H2,1-2H3,(H2,11,15). The first-order chi connectivity index (χ1) is 7.04. The third-order valence-electron chi connectivity index (χ3n) is 2.82. The zero-order valence-corrected chi connectivity index (χ0v) is 9.32. The summed E-state index contributed by atoms with van der Waals surface area (Å²) in [7, 11) is 1.78. The van der Waals surface area contributed by atoms with Crippen molar-refractivity contribution in [2.75, 3.05) is 13.6 Å². The first-order valence-electron chi connectivity index (χ1n) is 5.34. The van der Waals surface area contributed by atoms with E-state index in [1.807, 2.05) is 6.92 Å². The van der Waals surface area contributed by atoms with Gasteiger partial charge in [0.25, 0.3) is 0 Å². The highest BCUT2D eigenvalue weighted by atomic mass is 16.2. The molecule has 0 aromatic carbocycles. The van der Waals surface area contributed by atoms with Crippen molar-refractivity contribution in [2.24, 2.45) is 5.73 Å². The molecule has 86 valence electrons. The SMILES string of the molecule is CCC(NC1CCC(=O)N(C)C1)C(N)=O. The highest BCUT2D eigenvalue weighted by molar-refractivity contribution is 5.80. The van der Waals surface area contributed by atoms with Crippen LogP contribution in [0, 0.1) is 0 Å². The molecule has 1 rings (SSSR count). The van der Waals surface area contributed by atoms with Gasteiger partial charge in [0.05, 0.1) is 6.04 Å². The van der Waals surface area contributed by atoms with E-state index in [1.54, 1.807) is 11.9 Å². The summed E-state index contributed by atoms with van der Waals surface area (Å²) in [6.45, 7) is 2.57. The molecule has 0 aromatic heterocycles. The molecule has 2 unspecified atom stereocenters. The van der Waals surface area contributed by atoms with Gasteiger partial charge in [0.2, 0.25) is 11.8 Å². The molecule has 1 aliphatic heterocycles. The lowest BCUT2D eigenvalue weighted by molar-refractivity contribution is -0.132. The summed E-state index contributed by atoms with van der Waals surface area (Å²) in [6.07, 6.45) is 2.01. The average Bonchev–Trinajstić information content (AvgIpc) is 2.19. The Kier molecular flexibility index (Phi) is 4.08. The number of likely N-dealkylation sites (N-methyl/N-ethyl adjacent to an activating group) is 1. The number of carbonyl (C=O) groups is 2. The first-order valence-corrected chi connectivity index (χ1v) is 5.34. The van der Waals surface area contributed by atoms with Crippen molar-refractivity contribution >= 4 is 11.8 Å². The molecule has 5 heteroatoms. The number of likely N-dealkylation sites (tertiary alicyclic amines) is 1. The molecular weight excluding hydrogens is 194 g/mol. The van der Waals surface area contributed by atoms with Gasteiger partial charge < -0.3 is 16.0 Å². The Hall–Kier alpha value is -1.10. The smallest absolute Gasteiger partial charge is 0.234 e. The molecule has 0 spiro atoms. The van der Waals surface area contributed by atoms with E-state index < -0.39 is 0 Å². The second kappa shape index (κ2) is 5.11. The molecule has 2 atom stereocenters. The van der Waals surface area contributed by atoms with Crippen LogP contribution in [0.1, 0.15) is 26.2 Å². The predicted octanol–water partition coefficient (Wildman–Crippen LogP) is -0.539. The molecule has 0 aliphatic carbocycles. The fourth-order valence-electron chi connectivity index (χ4n) is 1.83. The maximum atomic E-state index is 11.2. The molecule has 1 saturated heterocycles. The lowest BCUT2D eigenvalue weighted by Gasteiger charge is -2.32. The van der Waals surface area contributed by atoms with Gasteiger partial charge in [-0.25, -0.2) is 0 Å². The Labute approximate surface area is 90.0 Å². The number of piperidine rings is 1. The molecule has 1 fully saturated rings. The number of nitrogens with two attached hydrogens (primary N) is 1. The predicted molar refractivity (Wildman–Crippen MR) is 57.1 cm³/mol. The zero-order valence-electron chi connectivity index (χ0n) is 9.32. The molecule has 2 amide bonds. The molecule has 5 nitrogen and oxygen atoms in total. The fourth-order valence-corrected chi connectivity index (χ4v) is 1.83. The number of nitrogens with one attached hydrogen (secondary N) is 1. The van der Waals surface area contributed by atoms with E-state index in [1.165, 1.54) is 0 Å². The molecule has 0 radical (unpaired) electrons.